The van der Waals surface area contributed by atoms with Gasteiger partial charge in [0, 0.05) is 13.0 Å². The molecule has 0 aliphatic carbocycles. The predicted octanol–water partition coefficient (Wildman–Crippen LogP) is 1.74. The lowest BCUT2D eigenvalue weighted by atomic mass is 10.3. The number of halogens is 2. The Hall–Kier alpha value is 0.01000. The van der Waals surface area contributed by atoms with Gasteiger partial charge in [0.15, 0.2) is 0 Å². The molecule has 0 radical (unpaired) electrons. The number of carbonyl (C=O) groups excluding carboxylic acids is 1. The fourth-order valence-electron chi connectivity index (χ4n) is 0.457. The van der Waals surface area contributed by atoms with Crippen molar-refractivity contribution in [1.29, 1.82) is 0 Å². The Labute approximate surface area is 82.6 Å². The molecular weight excluding hydrogens is 203 g/mol. The molecular formula is C7H14Cl2O3. The van der Waals surface area contributed by atoms with Gasteiger partial charge < -0.3 is 9.84 Å². The molecule has 0 heterocycles. The lowest BCUT2D eigenvalue weighted by Crippen LogP contribution is -2.03. The summed E-state index contributed by atoms with van der Waals surface area (Å²) in [6, 6.07) is 0. The van der Waals surface area contributed by atoms with Crippen LogP contribution in [0.4, 0.5) is 0 Å². The van der Waals surface area contributed by atoms with Gasteiger partial charge in [0.1, 0.15) is 0 Å². The van der Waals surface area contributed by atoms with Crippen LogP contribution < -0.4 is 0 Å². The second-order valence-corrected chi connectivity index (χ2v) is 2.54. The molecule has 0 saturated carbocycles. The van der Waals surface area contributed by atoms with Crippen molar-refractivity contribution < 1.29 is 14.6 Å². The first kappa shape index (κ1) is 14.5. The smallest absolute Gasteiger partial charge is 0.305 e. The average Bonchev–Trinajstić information content (AvgIpc) is 2.03. The Balaban J connectivity index is 0. The number of hydrogen-bond donors (Lipinski definition) is 1. The van der Waals surface area contributed by atoms with Crippen molar-refractivity contribution >= 4 is 29.2 Å². The average molecular weight is 217 g/mol. The van der Waals surface area contributed by atoms with E-state index in [9.17, 15) is 4.79 Å². The third-order valence-electron chi connectivity index (χ3n) is 0.844. The second kappa shape index (κ2) is 13.6. The summed E-state index contributed by atoms with van der Waals surface area (Å²) in [7, 11) is 0. The highest BCUT2D eigenvalue weighted by molar-refractivity contribution is 6.40. The van der Waals surface area contributed by atoms with Crippen molar-refractivity contribution in [3.63, 3.8) is 0 Å². The summed E-state index contributed by atoms with van der Waals surface area (Å²) >= 11 is 9.53. The number of aliphatic hydroxyl groups excluding tert-OH is 1. The van der Waals surface area contributed by atoms with E-state index in [1.54, 1.807) is 6.92 Å². The fourth-order valence-corrected chi connectivity index (χ4v) is 0.457. The van der Waals surface area contributed by atoms with E-state index in [1.807, 2.05) is 0 Å². The zero-order chi connectivity index (χ0) is 9.82. The first-order valence-corrected chi connectivity index (χ1v) is 4.68. The highest BCUT2D eigenvalue weighted by Gasteiger charge is 1.97. The Morgan fingerprint density at radius 1 is 1.50 bits per heavy atom. The van der Waals surface area contributed by atoms with Crippen LogP contribution in [-0.4, -0.2) is 29.6 Å². The second-order valence-electron chi connectivity index (χ2n) is 1.73. The van der Waals surface area contributed by atoms with E-state index in [0.29, 0.717) is 19.4 Å². The van der Waals surface area contributed by atoms with E-state index in [2.05, 4.69) is 4.74 Å². The molecule has 0 aromatic carbocycles. The summed E-state index contributed by atoms with van der Waals surface area (Å²) < 4.78 is 4.59. The van der Waals surface area contributed by atoms with Crippen molar-refractivity contribution in [2.45, 2.75) is 19.8 Å². The number of alkyl halides is 2. The van der Waals surface area contributed by atoms with E-state index >= 15 is 0 Å². The topological polar surface area (TPSA) is 46.5 Å². The normalized spacial score (nSPS) is 8.33. The predicted molar refractivity (Wildman–Crippen MR) is 49.5 cm³/mol. The molecule has 0 spiro atoms. The molecule has 0 aliphatic heterocycles. The largest absolute Gasteiger partial charge is 0.466 e. The minimum Gasteiger partial charge on any atom is -0.466 e. The van der Waals surface area contributed by atoms with Crippen molar-refractivity contribution in [2.75, 3.05) is 18.6 Å². The van der Waals surface area contributed by atoms with Crippen molar-refractivity contribution in [2.24, 2.45) is 0 Å². The van der Waals surface area contributed by atoms with Gasteiger partial charge in [-0.1, -0.05) is 0 Å². The van der Waals surface area contributed by atoms with E-state index in [1.165, 1.54) is 0 Å². The van der Waals surface area contributed by atoms with E-state index in [0.717, 1.165) is 0 Å². The van der Waals surface area contributed by atoms with Crippen LogP contribution in [0.3, 0.4) is 0 Å². The Morgan fingerprint density at radius 3 is 2.33 bits per heavy atom. The maximum Gasteiger partial charge on any atom is 0.305 e. The Morgan fingerprint density at radius 2 is 2.00 bits per heavy atom. The van der Waals surface area contributed by atoms with Gasteiger partial charge in [-0.15, -0.1) is 23.2 Å². The monoisotopic (exact) mass is 216 g/mol. The molecule has 0 rings (SSSR count). The number of esters is 1. The van der Waals surface area contributed by atoms with Gasteiger partial charge in [-0.3, -0.25) is 4.79 Å². The molecule has 0 atom stereocenters. The molecule has 0 bridgehead atoms. The van der Waals surface area contributed by atoms with Crippen LogP contribution in [0.5, 0.6) is 0 Å². The van der Waals surface area contributed by atoms with Crippen molar-refractivity contribution in [3.05, 3.63) is 0 Å². The molecule has 3 nitrogen and oxygen atoms in total. The standard InChI is InChI=1S/C6H12O3.CH2Cl2/c1-2-9-6(8)4-3-5-7;2-1-3/h7H,2-5H2,1H3;1H2. The highest BCUT2D eigenvalue weighted by atomic mass is 35.5. The fraction of sp³-hybridized carbons (Fsp3) is 0.857. The van der Waals surface area contributed by atoms with Crippen LogP contribution in [0.25, 0.3) is 0 Å². The number of ether oxygens (including phenoxy) is 1. The molecule has 12 heavy (non-hydrogen) atoms. The lowest BCUT2D eigenvalue weighted by molar-refractivity contribution is -0.143. The van der Waals surface area contributed by atoms with Crippen LogP contribution in [0.1, 0.15) is 19.8 Å². The summed E-state index contributed by atoms with van der Waals surface area (Å²) in [4.78, 5) is 10.5. The van der Waals surface area contributed by atoms with Crippen LogP contribution in [0.15, 0.2) is 0 Å². The molecule has 0 amide bonds. The lowest BCUT2D eigenvalue weighted by Gasteiger charge is -1.97. The minimum atomic E-state index is -0.230. The molecule has 0 saturated heterocycles. The molecule has 0 aromatic rings. The van der Waals surface area contributed by atoms with E-state index < -0.39 is 0 Å². The minimum absolute atomic E-state index is 0.0544. The van der Waals surface area contributed by atoms with Crippen molar-refractivity contribution in [3.8, 4) is 0 Å². The molecule has 1 N–H and O–H groups in total. The summed E-state index contributed by atoms with van der Waals surface area (Å²) in [5, 5.41) is 8.47. The van der Waals surface area contributed by atoms with E-state index in [-0.39, 0.29) is 17.9 Å². The maximum absolute atomic E-state index is 10.5. The number of aliphatic hydroxyl groups is 1. The highest BCUT2D eigenvalue weighted by Crippen LogP contribution is 1.90. The number of rotatable bonds is 4. The van der Waals surface area contributed by atoms with Gasteiger partial charge in [0.05, 0.1) is 11.9 Å². The molecule has 74 valence electrons. The molecule has 0 aliphatic rings. The van der Waals surface area contributed by atoms with Crippen LogP contribution in [0.2, 0.25) is 0 Å². The van der Waals surface area contributed by atoms with Gasteiger partial charge in [-0.05, 0) is 13.3 Å². The summed E-state index contributed by atoms with van der Waals surface area (Å²) in [6.07, 6.45) is 0.823. The first-order valence-electron chi connectivity index (χ1n) is 3.61. The van der Waals surface area contributed by atoms with Gasteiger partial charge in [0.2, 0.25) is 0 Å². The summed E-state index contributed by atoms with van der Waals surface area (Å²) in [5.74, 6) is -0.230. The van der Waals surface area contributed by atoms with E-state index in [4.69, 9.17) is 28.3 Å². The molecule has 0 aromatic heterocycles. The van der Waals surface area contributed by atoms with Crippen LogP contribution in [-0.2, 0) is 9.53 Å². The van der Waals surface area contributed by atoms with Crippen LogP contribution >= 0.6 is 23.2 Å². The zero-order valence-electron chi connectivity index (χ0n) is 7.06. The summed E-state index contributed by atoms with van der Waals surface area (Å²) in [6.45, 7) is 2.24. The maximum atomic E-state index is 10.5. The molecule has 5 heteroatoms. The van der Waals surface area contributed by atoms with Crippen molar-refractivity contribution in [1.82, 2.24) is 0 Å². The number of carbonyl (C=O) groups is 1. The number of hydrogen-bond acceptors (Lipinski definition) is 3. The van der Waals surface area contributed by atoms with Crippen LogP contribution in [0, 0.1) is 0 Å². The Bertz CT molecular complexity index is 98.7. The zero-order valence-corrected chi connectivity index (χ0v) is 8.57. The third-order valence-corrected chi connectivity index (χ3v) is 0.844. The first-order chi connectivity index (χ1) is 5.72. The Kier molecular flexibility index (Phi) is 16.5. The quantitative estimate of drug-likeness (QED) is 0.576. The SMILES string of the molecule is CCOC(=O)CCCO.ClCCl. The van der Waals surface area contributed by atoms with Gasteiger partial charge in [0.25, 0.3) is 0 Å². The van der Waals surface area contributed by atoms with Gasteiger partial charge in [-0.25, -0.2) is 0 Å². The van der Waals surface area contributed by atoms with Gasteiger partial charge in [-0.2, -0.15) is 0 Å². The van der Waals surface area contributed by atoms with Gasteiger partial charge >= 0.3 is 5.97 Å². The molecule has 0 fully saturated rings. The molecule has 0 unspecified atom stereocenters. The third kappa shape index (κ3) is 16.5. The summed E-state index contributed by atoms with van der Waals surface area (Å²) in [5.41, 5.74) is 0.